The van der Waals surface area contributed by atoms with Crippen molar-refractivity contribution in [2.75, 3.05) is 6.54 Å². The number of aliphatic hydroxyl groups is 1. The van der Waals surface area contributed by atoms with E-state index in [1.807, 2.05) is 0 Å². The van der Waals surface area contributed by atoms with Crippen molar-refractivity contribution in [2.45, 2.75) is 6.10 Å². The summed E-state index contributed by atoms with van der Waals surface area (Å²) in [5.41, 5.74) is 0.860. The van der Waals surface area contributed by atoms with Crippen LogP contribution in [-0.2, 0) is 0 Å². The summed E-state index contributed by atoms with van der Waals surface area (Å²) < 4.78 is 0. The fourth-order valence-electron chi connectivity index (χ4n) is 1.72. The Morgan fingerprint density at radius 1 is 1.24 bits per heavy atom. The van der Waals surface area contributed by atoms with Crippen molar-refractivity contribution in [3.05, 3.63) is 62.9 Å². The molecule has 1 aromatic heterocycles. The van der Waals surface area contributed by atoms with Crippen LogP contribution >= 0.6 is 34.8 Å². The van der Waals surface area contributed by atoms with E-state index in [1.54, 1.807) is 12.1 Å². The molecule has 1 aromatic carbocycles. The third kappa shape index (κ3) is 4.32. The molecule has 0 aliphatic rings. The molecule has 7 heteroatoms. The average molecular weight is 346 g/mol. The van der Waals surface area contributed by atoms with Gasteiger partial charge in [0.1, 0.15) is 5.15 Å². The van der Waals surface area contributed by atoms with Crippen molar-refractivity contribution in [3.8, 4) is 0 Å². The van der Waals surface area contributed by atoms with Crippen LogP contribution in [0, 0.1) is 0 Å². The van der Waals surface area contributed by atoms with E-state index in [0.717, 1.165) is 0 Å². The van der Waals surface area contributed by atoms with Gasteiger partial charge in [-0.3, -0.25) is 4.79 Å². The lowest BCUT2D eigenvalue weighted by Gasteiger charge is -2.14. The fraction of sp³-hybridized carbons (Fsp3) is 0.143. The van der Waals surface area contributed by atoms with Gasteiger partial charge in [-0.2, -0.15) is 0 Å². The van der Waals surface area contributed by atoms with E-state index >= 15 is 0 Å². The molecule has 0 saturated heterocycles. The van der Waals surface area contributed by atoms with Crippen molar-refractivity contribution in [1.29, 1.82) is 0 Å². The van der Waals surface area contributed by atoms with Gasteiger partial charge in [0, 0.05) is 33.9 Å². The predicted octanol–water partition coefficient (Wildman–Crippen LogP) is 3.51. The number of aromatic nitrogens is 1. The number of benzene rings is 1. The fourth-order valence-corrected chi connectivity index (χ4v) is 2.43. The van der Waals surface area contributed by atoms with Crippen LogP contribution in [0.15, 0.2) is 36.5 Å². The largest absolute Gasteiger partial charge is 0.387 e. The molecule has 110 valence electrons. The van der Waals surface area contributed by atoms with Crippen molar-refractivity contribution >= 4 is 40.7 Å². The maximum absolute atomic E-state index is 11.9. The van der Waals surface area contributed by atoms with Crippen LogP contribution in [0.5, 0.6) is 0 Å². The summed E-state index contributed by atoms with van der Waals surface area (Å²) in [5, 5.41) is 13.7. The zero-order valence-corrected chi connectivity index (χ0v) is 13.0. The minimum Gasteiger partial charge on any atom is -0.387 e. The molecule has 0 radical (unpaired) electrons. The van der Waals surface area contributed by atoms with Crippen LogP contribution < -0.4 is 5.32 Å². The highest BCUT2D eigenvalue weighted by Crippen LogP contribution is 2.25. The van der Waals surface area contributed by atoms with Gasteiger partial charge in [0.2, 0.25) is 0 Å². The molecule has 0 saturated carbocycles. The van der Waals surface area contributed by atoms with Crippen LogP contribution in [0.4, 0.5) is 0 Å². The first kappa shape index (κ1) is 16.0. The summed E-state index contributed by atoms with van der Waals surface area (Å²) in [7, 11) is 0. The average Bonchev–Trinajstić information content (AvgIpc) is 2.44. The highest BCUT2D eigenvalue weighted by Gasteiger charge is 2.14. The number of carbonyl (C=O) groups is 1. The van der Waals surface area contributed by atoms with Gasteiger partial charge in [-0.05, 0) is 24.3 Å². The van der Waals surface area contributed by atoms with E-state index in [2.05, 4.69) is 10.3 Å². The molecule has 1 unspecified atom stereocenters. The predicted molar refractivity (Wildman–Crippen MR) is 83.0 cm³/mol. The summed E-state index contributed by atoms with van der Waals surface area (Å²) in [6.45, 7) is 0.0140. The monoisotopic (exact) mass is 344 g/mol. The van der Waals surface area contributed by atoms with E-state index in [-0.39, 0.29) is 17.6 Å². The normalized spacial score (nSPS) is 12.0. The lowest BCUT2D eigenvalue weighted by atomic mass is 10.1. The Labute approximate surface area is 136 Å². The Balaban J connectivity index is 2.00. The molecule has 0 fully saturated rings. The van der Waals surface area contributed by atoms with Gasteiger partial charge < -0.3 is 10.4 Å². The Morgan fingerprint density at radius 3 is 2.67 bits per heavy atom. The zero-order chi connectivity index (χ0) is 15.4. The SMILES string of the molecule is O=C(NCC(O)c1ccc(Cl)cc1Cl)c1ccnc(Cl)c1. The van der Waals surface area contributed by atoms with Crippen LogP contribution in [0.3, 0.4) is 0 Å². The van der Waals surface area contributed by atoms with Crippen molar-refractivity contribution < 1.29 is 9.90 Å². The van der Waals surface area contributed by atoms with Gasteiger partial charge >= 0.3 is 0 Å². The quantitative estimate of drug-likeness (QED) is 0.834. The van der Waals surface area contributed by atoms with Gasteiger partial charge in [-0.15, -0.1) is 0 Å². The van der Waals surface area contributed by atoms with E-state index in [9.17, 15) is 9.90 Å². The van der Waals surface area contributed by atoms with E-state index in [4.69, 9.17) is 34.8 Å². The third-order valence-corrected chi connectivity index (χ3v) is 3.54. The zero-order valence-electron chi connectivity index (χ0n) is 10.7. The molecule has 0 bridgehead atoms. The highest BCUT2D eigenvalue weighted by atomic mass is 35.5. The van der Waals surface area contributed by atoms with E-state index < -0.39 is 6.10 Å². The molecule has 0 spiro atoms. The molecule has 2 N–H and O–H groups in total. The Kier molecular flexibility index (Phi) is 5.42. The number of pyridine rings is 1. The van der Waals surface area contributed by atoms with E-state index in [0.29, 0.717) is 21.2 Å². The standard InChI is InChI=1S/C14H11Cl3N2O2/c15-9-1-2-10(11(16)6-9)12(20)7-19-14(21)8-3-4-18-13(17)5-8/h1-6,12,20H,7H2,(H,19,21). The molecule has 21 heavy (non-hydrogen) atoms. The molecular formula is C14H11Cl3N2O2. The maximum atomic E-state index is 11.9. The molecule has 1 atom stereocenters. The molecule has 2 aromatic rings. The van der Waals surface area contributed by atoms with Crippen LogP contribution in [-0.4, -0.2) is 22.5 Å². The first-order chi connectivity index (χ1) is 9.97. The second-order valence-corrected chi connectivity index (χ2v) is 5.49. The summed E-state index contributed by atoms with van der Waals surface area (Å²) in [6.07, 6.45) is 0.500. The summed E-state index contributed by atoms with van der Waals surface area (Å²) >= 11 is 17.5. The summed E-state index contributed by atoms with van der Waals surface area (Å²) in [5.74, 6) is -0.358. The lowest BCUT2D eigenvalue weighted by molar-refractivity contribution is 0.0916. The third-order valence-electron chi connectivity index (χ3n) is 2.77. The molecule has 0 aliphatic carbocycles. The Bertz CT molecular complexity index is 664. The van der Waals surface area contributed by atoms with Crippen LogP contribution in [0.1, 0.15) is 22.0 Å². The van der Waals surface area contributed by atoms with Crippen molar-refractivity contribution in [1.82, 2.24) is 10.3 Å². The van der Waals surface area contributed by atoms with Gasteiger partial charge in [-0.1, -0.05) is 40.9 Å². The minimum atomic E-state index is -0.934. The molecular weight excluding hydrogens is 335 g/mol. The Morgan fingerprint density at radius 2 is 2.00 bits per heavy atom. The number of rotatable bonds is 4. The second kappa shape index (κ2) is 7.09. The minimum absolute atomic E-state index is 0.0140. The Hall–Kier alpha value is -1.33. The van der Waals surface area contributed by atoms with Crippen molar-refractivity contribution in [3.63, 3.8) is 0 Å². The maximum Gasteiger partial charge on any atom is 0.251 e. The molecule has 1 amide bonds. The number of amides is 1. The molecule has 1 heterocycles. The summed E-state index contributed by atoms with van der Waals surface area (Å²) in [4.78, 5) is 15.7. The van der Waals surface area contributed by atoms with Gasteiger partial charge in [0.25, 0.3) is 5.91 Å². The summed E-state index contributed by atoms with van der Waals surface area (Å²) in [6, 6.07) is 7.74. The topological polar surface area (TPSA) is 62.2 Å². The van der Waals surface area contributed by atoms with Gasteiger partial charge in [0.15, 0.2) is 0 Å². The number of hydrogen-bond donors (Lipinski definition) is 2. The number of nitrogens with zero attached hydrogens (tertiary/aromatic N) is 1. The number of aliphatic hydroxyl groups excluding tert-OH is 1. The number of hydrogen-bond acceptors (Lipinski definition) is 3. The smallest absolute Gasteiger partial charge is 0.251 e. The number of halogens is 3. The first-order valence-corrected chi connectivity index (χ1v) is 7.13. The van der Waals surface area contributed by atoms with Gasteiger partial charge in [0.05, 0.1) is 6.10 Å². The second-order valence-electron chi connectivity index (χ2n) is 4.26. The highest BCUT2D eigenvalue weighted by molar-refractivity contribution is 6.35. The molecule has 0 aliphatic heterocycles. The first-order valence-electron chi connectivity index (χ1n) is 6.00. The molecule has 4 nitrogen and oxygen atoms in total. The number of carbonyl (C=O) groups excluding carboxylic acids is 1. The van der Waals surface area contributed by atoms with Crippen molar-refractivity contribution in [2.24, 2.45) is 0 Å². The van der Waals surface area contributed by atoms with E-state index in [1.165, 1.54) is 24.4 Å². The van der Waals surface area contributed by atoms with Crippen LogP contribution in [0.25, 0.3) is 0 Å². The van der Waals surface area contributed by atoms with Crippen LogP contribution in [0.2, 0.25) is 15.2 Å². The number of nitrogens with one attached hydrogen (secondary N) is 1. The van der Waals surface area contributed by atoms with Gasteiger partial charge in [-0.25, -0.2) is 4.98 Å². The molecule has 2 rings (SSSR count). The lowest BCUT2D eigenvalue weighted by Crippen LogP contribution is -2.28.